The molecule has 0 bridgehead atoms. The van der Waals surface area contributed by atoms with Crippen molar-refractivity contribution in [2.45, 2.75) is 25.7 Å². The van der Waals surface area contributed by atoms with Gasteiger partial charge in [-0.15, -0.1) is 0 Å². The summed E-state index contributed by atoms with van der Waals surface area (Å²) in [7, 11) is -2.38. The Labute approximate surface area is 142 Å². The van der Waals surface area contributed by atoms with Crippen molar-refractivity contribution in [1.29, 1.82) is 0 Å². The maximum atomic E-state index is 12.4. The third-order valence-corrected chi connectivity index (χ3v) is 4.84. The van der Waals surface area contributed by atoms with Crippen LogP contribution in [0.2, 0.25) is 5.02 Å². The van der Waals surface area contributed by atoms with Crippen molar-refractivity contribution in [3.05, 3.63) is 23.2 Å². The van der Waals surface area contributed by atoms with Crippen molar-refractivity contribution in [1.82, 2.24) is 9.62 Å². The zero-order chi connectivity index (χ0) is 17.6. The number of ether oxygens (including phenoxy) is 1. The Morgan fingerprint density at radius 1 is 1.39 bits per heavy atom. The van der Waals surface area contributed by atoms with Crippen LogP contribution in [0.25, 0.3) is 0 Å². The first-order chi connectivity index (χ1) is 10.7. The molecular weight excluding hydrogens is 340 g/mol. The molecule has 6 nitrogen and oxygen atoms in total. The molecule has 8 heteroatoms. The van der Waals surface area contributed by atoms with E-state index in [1.54, 1.807) is 11.0 Å². The normalized spacial score (nSPS) is 11.6. The van der Waals surface area contributed by atoms with E-state index in [1.807, 2.05) is 13.8 Å². The van der Waals surface area contributed by atoms with Gasteiger partial charge in [0.15, 0.2) is 0 Å². The van der Waals surface area contributed by atoms with E-state index in [-0.39, 0.29) is 23.1 Å². The Balaban J connectivity index is 2.80. The van der Waals surface area contributed by atoms with Crippen LogP contribution >= 0.6 is 11.6 Å². The van der Waals surface area contributed by atoms with Crippen LogP contribution in [0.5, 0.6) is 5.75 Å². The lowest BCUT2D eigenvalue weighted by Crippen LogP contribution is -2.39. The minimum absolute atomic E-state index is 0.0225. The molecule has 0 unspecified atom stereocenters. The minimum atomic E-state index is -3.77. The maximum Gasteiger partial charge on any atom is 0.244 e. The van der Waals surface area contributed by atoms with Gasteiger partial charge in [-0.1, -0.05) is 25.4 Å². The lowest BCUT2D eigenvalue weighted by atomic mass is 10.2. The van der Waals surface area contributed by atoms with Crippen molar-refractivity contribution >= 4 is 27.5 Å². The van der Waals surface area contributed by atoms with Crippen molar-refractivity contribution in [2.24, 2.45) is 5.92 Å². The Kier molecular flexibility index (Phi) is 7.31. The molecule has 0 heterocycles. The number of amides is 1. The van der Waals surface area contributed by atoms with Gasteiger partial charge in [-0.25, -0.2) is 13.1 Å². The van der Waals surface area contributed by atoms with Gasteiger partial charge in [0, 0.05) is 31.6 Å². The summed E-state index contributed by atoms with van der Waals surface area (Å²) < 4.78 is 32.3. The van der Waals surface area contributed by atoms with Crippen LogP contribution in [-0.4, -0.2) is 46.0 Å². The number of sulfonamides is 1. The zero-order valence-corrected chi connectivity index (χ0v) is 15.4. The molecule has 23 heavy (non-hydrogen) atoms. The van der Waals surface area contributed by atoms with Crippen molar-refractivity contribution in [3.63, 3.8) is 0 Å². The van der Waals surface area contributed by atoms with Gasteiger partial charge in [-0.3, -0.25) is 4.79 Å². The molecule has 0 saturated heterocycles. The third kappa shape index (κ3) is 6.01. The number of carbonyl (C=O) groups excluding carboxylic acids is 1. The molecule has 0 aliphatic rings. The van der Waals surface area contributed by atoms with Gasteiger partial charge in [0.2, 0.25) is 15.9 Å². The lowest BCUT2D eigenvalue weighted by Gasteiger charge is -2.23. The molecule has 1 N–H and O–H groups in total. The first-order valence-corrected chi connectivity index (χ1v) is 9.12. The molecule has 0 radical (unpaired) electrons. The second kappa shape index (κ2) is 8.52. The second-order valence-corrected chi connectivity index (χ2v) is 7.72. The number of nitrogens with one attached hydrogen (secondary N) is 1. The van der Waals surface area contributed by atoms with Crippen molar-refractivity contribution in [2.75, 3.05) is 26.7 Å². The van der Waals surface area contributed by atoms with Gasteiger partial charge < -0.3 is 9.64 Å². The molecule has 1 amide bonds. The topological polar surface area (TPSA) is 75.7 Å². The first kappa shape index (κ1) is 19.7. The average Bonchev–Trinajstić information content (AvgIpc) is 2.45. The van der Waals surface area contributed by atoms with Gasteiger partial charge in [-0.2, -0.15) is 0 Å². The number of hydrogen-bond acceptors (Lipinski definition) is 4. The van der Waals surface area contributed by atoms with E-state index >= 15 is 0 Å². The van der Waals surface area contributed by atoms with Crippen LogP contribution in [-0.2, 0) is 14.8 Å². The van der Waals surface area contributed by atoms with Gasteiger partial charge >= 0.3 is 0 Å². The number of rotatable bonds is 8. The highest BCUT2D eigenvalue weighted by molar-refractivity contribution is 7.89. The predicted molar refractivity (Wildman–Crippen MR) is 90.3 cm³/mol. The van der Waals surface area contributed by atoms with E-state index in [0.717, 1.165) is 0 Å². The van der Waals surface area contributed by atoms with Gasteiger partial charge in [-0.05, 0) is 24.1 Å². The summed E-state index contributed by atoms with van der Waals surface area (Å²) in [5, 5.41) is 0.302. The molecule has 0 spiro atoms. The first-order valence-electron chi connectivity index (χ1n) is 7.26. The highest BCUT2D eigenvalue weighted by Crippen LogP contribution is 2.26. The highest BCUT2D eigenvalue weighted by atomic mass is 35.5. The maximum absolute atomic E-state index is 12.4. The zero-order valence-electron chi connectivity index (χ0n) is 13.8. The molecule has 0 atom stereocenters. The summed E-state index contributed by atoms with van der Waals surface area (Å²) in [4.78, 5) is 13.2. The summed E-state index contributed by atoms with van der Waals surface area (Å²) in [6.45, 7) is 6.46. The second-order valence-electron chi connectivity index (χ2n) is 5.55. The number of halogens is 1. The molecule has 0 saturated carbocycles. The standard InChI is InChI=1S/C15H23ClN2O4S/c1-11(2)10-18(12(3)19)8-7-17-23(20,21)15-9-13(16)5-6-14(15)22-4/h5-6,9,11,17H,7-8,10H2,1-4H3. The molecular formula is C15H23ClN2O4S. The van der Waals surface area contributed by atoms with Crippen LogP contribution in [0.15, 0.2) is 23.1 Å². The lowest BCUT2D eigenvalue weighted by molar-refractivity contribution is -0.129. The van der Waals surface area contributed by atoms with E-state index in [1.165, 1.54) is 26.2 Å². The molecule has 0 aliphatic carbocycles. The molecule has 0 aromatic heterocycles. The van der Waals surface area contributed by atoms with E-state index in [2.05, 4.69) is 4.72 Å². The fourth-order valence-corrected chi connectivity index (χ4v) is 3.52. The summed E-state index contributed by atoms with van der Waals surface area (Å²) in [6.07, 6.45) is 0. The van der Waals surface area contributed by atoms with Crippen LogP contribution in [0.1, 0.15) is 20.8 Å². The van der Waals surface area contributed by atoms with Crippen LogP contribution in [0.4, 0.5) is 0 Å². The fourth-order valence-electron chi connectivity index (χ4n) is 2.07. The molecule has 0 fully saturated rings. The summed E-state index contributed by atoms with van der Waals surface area (Å²) in [5.74, 6) is 0.439. The summed E-state index contributed by atoms with van der Waals surface area (Å²) >= 11 is 5.86. The molecule has 1 aromatic rings. The van der Waals surface area contributed by atoms with Crippen molar-refractivity contribution in [3.8, 4) is 5.75 Å². The number of benzene rings is 1. The average molecular weight is 363 g/mol. The SMILES string of the molecule is COc1ccc(Cl)cc1S(=O)(=O)NCCN(CC(C)C)C(C)=O. The number of hydrogen-bond donors (Lipinski definition) is 1. The quantitative estimate of drug-likeness (QED) is 0.768. The molecule has 1 rings (SSSR count). The Morgan fingerprint density at radius 2 is 2.04 bits per heavy atom. The molecule has 0 aliphatic heterocycles. The minimum Gasteiger partial charge on any atom is -0.495 e. The van der Waals surface area contributed by atoms with Crippen LogP contribution < -0.4 is 9.46 Å². The highest BCUT2D eigenvalue weighted by Gasteiger charge is 2.20. The van der Waals surface area contributed by atoms with E-state index in [9.17, 15) is 13.2 Å². The van der Waals surface area contributed by atoms with Gasteiger partial charge in [0.25, 0.3) is 0 Å². The molecule has 130 valence electrons. The Hall–Kier alpha value is -1.31. The fraction of sp³-hybridized carbons (Fsp3) is 0.533. The number of carbonyl (C=O) groups is 1. The summed E-state index contributed by atoms with van der Waals surface area (Å²) in [6, 6.07) is 4.39. The molecule has 1 aromatic carbocycles. The van der Waals surface area contributed by atoms with E-state index in [0.29, 0.717) is 24.0 Å². The monoisotopic (exact) mass is 362 g/mol. The smallest absolute Gasteiger partial charge is 0.244 e. The van der Waals surface area contributed by atoms with Crippen molar-refractivity contribution < 1.29 is 17.9 Å². The third-order valence-electron chi connectivity index (χ3n) is 3.12. The summed E-state index contributed by atoms with van der Waals surface area (Å²) in [5.41, 5.74) is 0. The Morgan fingerprint density at radius 3 is 2.57 bits per heavy atom. The van der Waals surface area contributed by atoms with E-state index in [4.69, 9.17) is 16.3 Å². The van der Waals surface area contributed by atoms with Crippen LogP contribution in [0, 0.1) is 5.92 Å². The van der Waals surface area contributed by atoms with E-state index < -0.39 is 10.0 Å². The van der Waals surface area contributed by atoms with Gasteiger partial charge in [0.05, 0.1) is 7.11 Å². The largest absolute Gasteiger partial charge is 0.495 e. The number of nitrogens with zero attached hydrogens (tertiary/aromatic N) is 1. The Bertz CT molecular complexity index is 647. The number of methoxy groups -OCH3 is 1. The van der Waals surface area contributed by atoms with Gasteiger partial charge in [0.1, 0.15) is 10.6 Å². The van der Waals surface area contributed by atoms with Crippen LogP contribution in [0.3, 0.4) is 0 Å². The predicted octanol–water partition coefficient (Wildman–Crippen LogP) is 2.13.